The molecule has 1 saturated heterocycles. The van der Waals surface area contributed by atoms with Crippen LogP contribution in [0.1, 0.15) is 54.9 Å². The summed E-state index contributed by atoms with van der Waals surface area (Å²) in [7, 11) is 0. The number of Topliss-reactive ketones (excluding diaryl/α,β-unsaturated/α-hetero) is 1. The van der Waals surface area contributed by atoms with Gasteiger partial charge >= 0.3 is 0 Å². The van der Waals surface area contributed by atoms with E-state index in [2.05, 4.69) is 11.8 Å². The summed E-state index contributed by atoms with van der Waals surface area (Å²) in [6.45, 7) is 5.29. The Hall–Kier alpha value is -1.35. The Balaban J connectivity index is 1.57. The Morgan fingerprint density at radius 1 is 1.24 bits per heavy atom. The lowest BCUT2D eigenvalue weighted by atomic mass is 10.0. The third kappa shape index (κ3) is 3.65. The van der Waals surface area contributed by atoms with Crippen LogP contribution in [-0.4, -0.2) is 36.4 Å². The van der Waals surface area contributed by atoms with E-state index in [4.69, 9.17) is 4.74 Å². The van der Waals surface area contributed by atoms with Gasteiger partial charge in [-0.25, -0.2) is 0 Å². The van der Waals surface area contributed by atoms with Crippen molar-refractivity contribution in [3.8, 4) is 5.75 Å². The molecule has 0 aliphatic carbocycles. The molecule has 0 unspecified atom stereocenters. The number of ketones is 1. The van der Waals surface area contributed by atoms with Gasteiger partial charge in [-0.05, 0) is 56.6 Å². The molecular weight excluding hydrogens is 262 g/mol. The van der Waals surface area contributed by atoms with E-state index in [-0.39, 0.29) is 11.9 Å². The Bertz CT molecular complexity index is 504. The molecule has 2 heterocycles. The number of nitrogens with zero attached hydrogens (tertiary/aromatic N) is 1. The van der Waals surface area contributed by atoms with Gasteiger partial charge in [0.15, 0.2) is 5.78 Å². The minimum atomic E-state index is 0.238. The van der Waals surface area contributed by atoms with Gasteiger partial charge in [0, 0.05) is 24.9 Å². The molecule has 2 aliphatic heterocycles. The van der Waals surface area contributed by atoms with E-state index in [9.17, 15) is 4.79 Å². The van der Waals surface area contributed by atoms with Crippen molar-refractivity contribution in [1.82, 2.24) is 4.90 Å². The van der Waals surface area contributed by atoms with Gasteiger partial charge < -0.3 is 9.64 Å². The van der Waals surface area contributed by atoms with Gasteiger partial charge in [0.2, 0.25) is 0 Å². The Morgan fingerprint density at radius 2 is 2.00 bits per heavy atom. The molecular formula is C18H25NO2. The van der Waals surface area contributed by atoms with Crippen molar-refractivity contribution in [1.29, 1.82) is 0 Å². The van der Waals surface area contributed by atoms with E-state index in [0.29, 0.717) is 6.42 Å². The minimum absolute atomic E-state index is 0.238. The number of benzene rings is 1. The maximum atomic E-state index is 12.4. The van der Waals surface area contributed by atoms with E-state index < -0.39 is 0 Å². The predicted octanol–water partition coefficient (Wildman–Crippen LogP) is 3.46. The number of carbonyl (C=O) groups is 1. The molecule has 3 nitrogen and oxygen atoms in total. The normalized spacial score (nSPS) is 22.4. The maximum absolute atomic E-state index is 12.4. The smallest absolute Gasteiger partial charge is 0.164 e. The summed E-state index contributed by atoms with van der Waals surface area (Å²) in [5.41, 5.74) is 2.03. The molecule has 1 aromatic carbocycles. The second-order valence-corrected chi connectivity index (χ2v) is 6.38. The van der Waals surface area contributed by atoms with Crippen LogP contribution in [0.4, 0.5) is 0 Å². The molecule has 3 rings (SSSR count). The Kier molecular flexibility index (Phi) is 4.59. The largest absolute Gasteiger partial charge is 0.490 e. The summed E-state index contributed by atoms with van der Waals surface area (Å²) in [5.74, 6) is 1.22. The van der Waals surface area contributed by atoms with Crippen molar-refractivity contribution in [3.05, 3.63) is 29.3 Å². The van der Waals surface area contributed by atoms with Crippen molar-refractivity contribution in [2.75, 3.05) is 19.6 Å². The fraction of sp³-hybridized carbons (Fsp3) is 0.611. The topological polar surface area (TPSA) is 29.5 Å². The number of hydrogen-bond acceptors (Lipinski definition) is 3. The highest BCUT2D eigenvalue weighted by molar-refractivity contribution is 5.96. The highest BCUT2D eigenvalue weighted by Gasteiger charge is 2.20. The van der Waals surface area contributed by atoms with Gasteiger partial charge in [-0.1, -0.05) is 12.8 Å². The van der Waals surface area contributed by atoms with Crippen LogP contribution in [0.15, 0.2) is 18.2 Å². The van der Waals surface area contributed by atoms with Crippen LogP contribution in [0.2, 0.25) is 0 Å². The lowest BCUT2D eigenvalue weighted by Gasteiger charge is -2.19. The zero-order chi connectivity index (χ0) is 14.7. The minimum Gasteiger partial charge on any atom is -0.490 e. The summed E-state index contributed by atoms with van der Waals surface area (Å²) in [5, 5.41) is 0. The molecule has 1 atom stereocenters. The summed E-state index contributed by atoms with van der Waals surface area (Å²) in [6, 6.07) is 5.91. The zero-order valence-electron chi connectivity index (χ0n) is 12.9. The first-order valence-electron chi connectivity index (χ1n) is 8.27. The van der Waals surface area contributed by atoms with Crippen molar-refractivity contribution < 1.29 is 9.53 Å². The number of hydrogen-bond donors (Lipinski definition) is 0. The lowest BCUT2D eigenvalue weighted by molar-refractivity contribution is 0.0965. The molecule has 0 N–H and O–H groups in total. The molecule has 0 radical (unpaired) electrons. The van der Waals surface area contributed by atoms with E-state index in [1.165, 1.54) is 31.2 Å². The van der Waals surface area contributed by atoms with Gasteiger partial charge in [-0.3, -0.25) is 4.79 Å². The predicted molar refractivity (Wildman–Crippen MR) is 84.1 cm³/mol. The number of carbonyl (C=O) groups excluding carboxylic acids is 1. The summed E-state index contributed by atoms with van der Waals surface area (Å²) < 4.78 is 5.69. The highest BCUT2D eigenvalue weighted by Crippen LogP contribution is 2.29. The first-order valence-corrected chi connectivity index (χ1v) is 8.27. The zero-order valence-corrected chi connectivity index (χ0v) is 12.9. The molecule has 1 fully saturated rings. The van der Waals surface area contributed by atoms with Gasteiger partial charge in [0.05, 0.1) is 0 Å². The third-order valence-corrected chi connectivity index (χ3v) is 4.57. The van der Waals surface area contributed by atoms with Crippen LogP contribution in [0.5, 0.6) is 5.75 Å². The van der Waals surface area contributed by atoms with E-state index >= 15 is 0 Å². The summed E-state index contributed by atoms with van der Waals surface area (Å²) in [6.07, 6.45) is 7.03. The standard InChI is InChI=1S/C18H25NO2/c1-14-12-16-13-15(6-7-18(16)21-14)17(20)8-11-19-9-4-2-3-5-10-19/h6-7,13-14H,2-5,8-12H2,1H3/t14-/m0/s1. The highest BCUT2D eigenvalue weighted by atomic mass is 16.5. The van der Waals surface area contributed by atoms with Crippen LogP contribution in [0.3, 0.4) is 0 Å². The van der Waals surface area contributed by atoms with Gasteiger partial charge in [-0.15, -0.1) is 0 Å². The average Bonchev–Trinajstić information content (AvgIpc) is 2.69. The molecule has 2 aliphatic rings. The maximum Gasteiger partial charge on any atom is 0.164 e. The average molecular weight is 287 g/mol. The molecule has 0 bridgehead atoms. The molecule has 1 aromatic rings. The Morgan fingerprint density at radius 3 is 2.76 bits per heavy atom. The van der Waals surface area contributed by atoms with Gasteiger partial charge in [0.1, 0.15) is 11.9 Å². The van der Waals surface area contributed by atoms with Crippen LogP contribution in [0, 0.1) is 0 Å². The monoisotopic (exact) mass is 287 g/mol. The van der Waals surface area contributed by atoms with Gasteiger partial charge in [0.25, 0.3) is 0 Å². The molecule has 114 valence electrons. The first kappa shape index (κ1) is 14.6. The number of rotatable bonds is 4. The van der Waals surface area contributed by atoms with Crippen molar-refractivity contribution in [3.63, 3.8) is 0 Å². The SMILES string of the molecule is C[C@H]1Cc2cc(C(=O)CCN3CCCCCC3)ccc2O1. The van der Waals surface area contributed by atoms with Crippen LogP contribution >= 0.6 is 0 Å². The number of fused-ring (bicyclic) bond motifs is 1. The summed E-state index contributed by atoms with van der Waals surface area (Å²) >= 11 is 0. The molecule has 3 heteroatoms. The Labute approximate surface area is 127 Å². The fourth-order valence-electron chi connectivity index (χ4n) is 3.36. The van der Waals surface area contributed by atoms with Crippen molar-refractivity contribution in [2.24, 2.45) is 0 Å². The van der Waals surface area contributed by atoms with Crippen molar-refractivity contribution >= 4 is 5.78 Å². The lowest BCUT2D eigenvalue weighted by Crippen LogP contribution is -2.27. The second-order valence-electron chi connectivity index (χ2n) is 6.38. The van der Waals surface area contributed by atoms with Crippen LogP contribution < -0.4 is 4.74 Å². The van der Waals surface area contributed by atoms with Crippen LogP contribution in [0.25, 0.3) is 0 Å². The van der Waals surface area contributed by atoms with E-state index in [0.717, 1.165) is 37.4 Å². The van der Waals surface area contributed by atoms with E-state index in [1.807, 2.05) is 18.2 Å². The molecule has 0 amide bonds. The molecule has 0 spiro atoms. The second kappa shape index (κ2) is 6.61. The molecule has 21 heavy (non-hydrogen) atoms. The van der Waals surface area contributed by atoms with E-state index in [1.54, 1.807) is 0 Å². The number of likely N-dealkylation sites (tertiary alicyclic amines) is 1. The first-order chi connectivity index (χ1) is 10.2. The van der Waals surface area contributed by atoms with Crippen LogP contribution in [-0.2, 0) is 6.42 Å². The fourth-order valence-corrected chi connectivity index (χ4v) is 3.36. The third-order valence-electron chi connectivity index (χ3n) is 4.57. The summed E-state index contributed by atoms with van der Waals surface area (Å²) in [4.78, 5) is 14.8. The van der Waals surface area contributed by atoms with Gasteiger partial charge in [-0.2, -0.15) is 0 Å². The quantitative estimate of drug-likeness (QED) is 0.794. The molecule has 0 aromatic heterocycles. The number of ether oxygens (including phenoxy) is 1. The van der Waals surface area contributed by atoms with Crippen molar-refractivity contribution in [2.45, 2.75) is 51.6 Å². The molecule has 0 saturated carbocycles.